The van der Waals surface area contributed by atoms with Crippen molar-refractivity contribution in [1.82, 2.24) is 5.32 Å². The fraction of sp³-hybridized carbons (Fsp3) is 0.833. The van der Waals surface area contributed by atoms with E-state index < -0.39 is 0 Å². The number of nitrogens with one attached hydrogen (secondary N) is 1. The van der Waals surface area contributed by atoms with Crippen LogP contribution in [0.25, 0.3) is 0 Å². The maximum absolute atomic E-state index is 9.17. The normalized spacial score (nSPS) is 6.88. The van der Waals surface area contributed by atoms with Gasteiger partial charge in [0.2, 0.25) is 0 Å². The van der Waals surface area contributed by atoms with E-state index in [1.807, 2.05) is 14.0 Å². The number of hydrogen-bond acceptors (Lipinski definition) is 2. The average molecular weight is 117 g/mol. The van der Waals surface area contributed by atoms with E-state index in [0.29, 0.717) is 6.42 Å². The van der Waals surface area contributed by atoms with Crippen LogP contribution in [0.5, 0.6) is 0 Å². The van der Waals surface area contributed by atoms with Crippen molar-refractivity contribution in [1.29, 1.82) is 0 Å². The molecule has 0 aliphatic carbocycles. The molecule has 0 aromatic carbocycles. The van der Waals surface area contributed by atoms with Gasteiger partial charge in [0, 0.05) is 6.42 Å². The summed E-state index contributed by atoms with van der Waals surface area (Å²) in [7, 11) is 1.93. The van der Waals surface area contributed by atoms with Crippen LogP contribution in [0.15, 0.2) is 0 Å². The Bertz CT molecular complexity index is 35.5. The van der Waals surface area contributed by atoms with E-state index in [0.717, 1.165) is 12.8 Å². The fourth-order valence-corrected chi connectivity index (χ4v) is 0. The molecule has 0 spiro atoms. The lowest BCUT2D eigenvalue weighted by Gasteiger charge is -1.76. The first-order chi connectivity index (χ1) is 3.83. The lowest BCUT2D eigenvalue weighted by atomic mass is 10.6. The van der Waals surface area contributed by atoms with E-state index in [4.69, 9.17) is 0 Å². The molecule has 50 valence electrons. The molecule has 0 heterocycles. The van der Waals surface area contributed by atoms with Crippen molar-refractivity contribution in [2.24, 2.45) is 0 Å². The summed E-state index contributed by atoms with van der Waals surface area (Å²) in [6.45, 7) is 4.95. The van der Waals surface area contributed by atoms with Crippen LogP contribution in [0.1, 0.15) is 20.3 Å². The molecule has 0 rings (SSSR count). The smallest absolute Gasteiger partial charge is 0.119 e. The van der Waals surface area contributed by atoms with Crippen LogP contribution in [0.2, 0.25) is 0 Å². The van der Waals surface area contributed by atoms with E-state index in [1.165, 1.54) is 0 Å². The Labute approximate surface area is 51.3 Å². The van der Waals surface area contributed by atoms with Gasteiger partial charge in [-0.1, -0.05) is 13.8 Å². The number of rotatable bonds is 2. The highest BCUT2D eigenvalue weighted by atomic mass is 16.1. The fourth-order valence-electron chi connectivity index (χ4n) is 0. The Kier molecular flexibility index (Phi) is 21.1. The van der Waals surface area contributed by atoms with Crippen molar-refractivity contribution >= 4 is 6.29 Å². The second kappa shape index (κ2) is 15.9. The zero-order valence-corrected chi connectivity index (χ0v) is 5.90. The number of hydrogen-bond donors (Lipinski definition) is 1. The van der Waals surface area contributed by atoms with Gasteiger partial charge < -0.3 is 10.1 Å². The van der Waals surface area contributed by atoms with Crippen LogP contribution >= 0.6 is 0 Å². The van der Waals surface area contributed by atoms with Crippen LogP contribution in [-0.2, 0) is 4.79 Å². The molecular weight excluding hydrogens is 102 g/mol. The Morgan fingerprint density at radius 3 is 1.75 bits per heavy atom. The summed E-state index contributed by atoms with van der Waals surface area (Å²) in [4.78, 5) is 9.17. The minimum absolute atomic E-state index is 0.639. The van der Waals surface area contributed by atoms with Crippen molar-refractivity contribution in [2.75, 3.05) is 13.6 Å². The minimum atomic E-state index is 0.639. The van der Waals surface area contributed by atoms with Gasteiger partial charge in [-0.25, -0.2) is 0 Å². The summed E-state index contributed by atoms with van der Waals surface area (Å²) in [5.74, 6) is 0. The summed E-state index contributed by atoms with van der Waals surface area (Å²) in [5.41, 5.74) is 0. The van der Waals surface area contributed by atoms with Gasteiger partial charge >= 0.3 is 0 Å². The average Bonchev–Trinajstić information content (AvgIpc) is 1.88. The van der Waals surface area contributed by atoms with Crippen LogP contribution in [0.3, 0.4) is 0 Å². The lowest BCUT2D eigenvalue weighted by molar-refractivity contribution is -0.107. The van der Waals surface area contributed by atoms with Crippen molar-refractivity contribution in [3.8, 4) is 0 Å². The zero-order chi connectivity index (χ0) is 6.83. The van der Waals surface area contributed by atoms with Gasteiger partial charge in [-0.2, -0.15) is 0 Å². The summed E-state index contributed by atoms with van der Waals surface area (Å²) in [6.07, 6.45) is 1.51. The molecule has 0 aromatic heterocycles. The maximum atomic E-state index is 9.17. The molecule has 0 unspecified atom stereocenters. The molecule has 0 atom stereocenters. The molecule has 0 bridgehead atoms. The van der Waals surface area contributed by atoms with E-state index in [1.54, 1.807) is 0 Å². The first-order valence-electron chi connectivity index (χ1n) is 2.91. The second-order valence-electron chi connectivity index (χ2n) is 1.28. The summed E-state index contributed by atoms with van der Waals surface area (Å²) >= 11 is 0. The number of carbonyl (C=O) groups is 1. The zero-order valence-electron chi connectivity index (χ0n) is 5.90. The molecule has 0 radical (unpaired) electrons. The summed E-state index contributed by atoms with van der Waals surface area (Å²) in [6, 6.07) is 0. The maximum Gasteiger partial charge on any atom is 0.119 e. The Morgan fingerprint density at radius 2 is 1.75 bits per heavy atom. The first-order valence-corrected chi connectivity index (χ1v) is 2.91. The van der Waals surface area contributed by atoms with Gasteiger partial charge in [-0.15, -0.1) is 0 Å². The Morgan fingerprint density at radius 1 is 1.50 bits per heavy atom. The van der Waals surface area contributed by atoms with Gasteiger partial charge in [0.1, 0.15) is 6.29 Å². The third-order valence-corrected chi connectivity index (χ3v) is 0.520. The molecule has 0 fully saturated rings. The monoisotopic (exact) mass is 117 g/mol. The molecule has 1 N–H and O–H groups in total. The molecule has 2 nitrogen and oxygen atoms in total. The van der Waals surface area contributed by atoms with E-state index >= 15 is 0 Å². The topological polar surface area (TPSA) is 29.1 Å². The van der Waals surface area contributed by atoms with Crippen LogP contribution in [-0.4, -0.2) is 19.9 Å². The van der Waals surface area contributed by atoms with Gasteiger partial charge in [-0.05, 0) is 13.6 Å². The third-order valence-electron chi connectivity index (χ3n) is 0.520. The van der Waals surface area contributed by atoms with Crippen molar-refractivity contribution in [3.63, 3.8) is 0 Å². The molecule has 0 aliphatic heterocycles. The lowest BCUT2D eigenvalue weighted by Crippen LogP contribution is -2.01. The SMILES string of the molecule is CCC=O.CCNC. The van der Waals surface area contributed by atoms with Gasteiger partial charge in [0.05, 0.1) is 0 Å². The molecule has 0 saturated heterocycles. The third kappa shape index (κ3) is 45.4. The molecule has 0 saturated carbocycles. The molecule has 2 heteroatoms. The summed E-state index contributed by atoms with van der Waals surface area (Å²) in [5, 5.41) is 2.93. The molecule has 8 heavy (non-hydrogen) atoms. The molecule has 0 aromatic rings. The van der Waals surface area contributed by atoms with Crippen LogP contribution in [0.4, 0.5) is 0 Å². The number of aldehydes is 1. The Hall–Kier alpha value is -0.370. The quantitative estimate of drug-likeness (QED) is 0.542. The van der Waals surface area contributed by atoms with Crippen molar-refractivity contribution in [3.05, 3.63) is 0 Å². The van der Waals surface area contributed by atoms with E-state index in [2.05, 4.69) is 12.2 Å². The predicted molar refractivity (Wildman–Crippen MR) is 36.0 cm³/mol. The highest BCUT2D eigenvalue weighted by Gasteiger charge is 1.52. The van der Waals surface area contributed by atoms with Gasteiger partial charge in [-0.3, -0.25) is 0 Å². The van der Waals surface area contributed by atoms with E-state index in [-0.39, 0.29) is 0 Å². The van der Waals surface area contributed by atoms with Gasteiger partial charge in [0.15, 0.2) is 0 Å². The molecular formula is C6H15NO. The first kappa shape index (κ1) is 10.6. The van der Waals surface area contributed by atoms with Crippen LogP contribution < -0.4 is 5.32 Å². The highest BCUT2D eigenvalue weighted by molar-refractivity contribution is 5.48. The van der Waals surface area contributed by atoms with E-state index in [9.17, 15) is 4.79 Å². The van der Waals surface area contributed by atoms with Crippen molar-refractivity contribution < 1.29 is 4.79 Å². The number of carbonyl (C=O) groups excluding carboxylic acids is 1. The largest absolute Gasteiger partial charge is 0.320 e. The summed E-state index contributed by atoms with van der Waals surface area (Å²) < 4.78 is 0. The highest BCUT2D eigenvalue weighted by Crippen LogP contribution is 1.53. The van der Waals surface area contributed by atoms with Crippen LogP contribution in [0, 0.1) is 0 Å². The van der Waals surface area contributed by atoms with Crippen molar-refractivity contribution in [2.45, 2.75) is 20.3 Å². The molecule has 0 amide bonds. The Balaban J connectivity index is 0. The standard InChI is InChI=1S/C3H9N.C3H6O/c1-3-4-2;1-2-3-4/h4H,3H2,1-2H3;3H,2H2,1H3. The minimum Gasteiger partial charge on any atom is -0.320 e. The molecule has 0 aliphatic rings. The van der Waals surface area contributed by atoms with Gasteiger partial charge in [0.25, 0.3) is 0 Å². The second-order valence-corrected chi connectivity index (χ2v) is 1.28. The predicted octanol–water partition coefficient (Wildman–Crippen LogP) is 0.821.